The number of phenols is 1. The van der Waals surface area contributed by atoms with Gasteiger partial charge in [0.1, 0.15) is 84.2 Å². The summed E-state index contributed by atoms with van der Waals surface area (Å²) in [6.45, 7) is 4.82. The number of aliphatic carboxylic acids is 1. The minimum Gasteiger partial charge on any atom is -0.508 e. The number of rotatable bonds is 50. The van der Waals surface area contributed by atoms with Gasteiger partial charge < -0.3 is 118 Å². The van der Waals surface area contributed by atoms with E-state index in [0.717, 1.165) is 48.3 Å². The number of aromatic nitrogens is 1. The Morgan fingerprint density at radius 1 is 0.551 bits per heavy atom. The van der Waals surface area contributed by atoms with E-state index in [9.17, 15) is 77.6 Å². The van der Waals surface area contributed by atoms with Crippen molar-refractivity contribution in [2.75, 3.05) is 73.1 Å². The zero-order chi connectivity index (χ0) is 101. The number of methoxy groups -OCH3 is 2. The van der Waals surface area contributed by atoms with Crippen LogP contribution in [0.15, 0.2) is 158 Å². The summed E-state index contributed by atoms with van der Waals surface area (Å²) in [6, 6.07) is 19.5. The number of nitrogens with two attached hydrogens (primary N) is 2. The molecule has 0 radical (unpaired) electrons. The number of primary amides is 1. The van der Waals surface area contributed by atoms with Gasteiger partial charge in [-0.1, -0.05) is 137 Å². The van der Waals surface area contributed by atoms with E-state index in [2.05, 4.69) is 47.5 Å². The summed E-state index contributed by atoms with van der Waals surface area (Å²) < 4.78 is 40.5. The number of β-amino-alcohol motifs (C(OH)–C–C–N with tert-alkyl or cyclic N) is 2. The summed E-state index contributed by atoms with van der Waals surface area (Å²) in [4.78, 5) is 238. The molecule has 15 atom stereocenters. The number of aliphatic hydroxyl groups excluding tert-OH is 2. The first-order valence-electron chi connectivity index (χ1n) is 45.1. The van der Waals surface area contributed by atoms with Crippen LogP contribution in [0.3, 0.4) is 0 Å². The quantitative estimate of drug-likeness (QED) is 0.0234. The second kappa shape index (κ2) is 51.4. The number of hydrogen-bond donors (Lipinski definition) is 15. The van der Waals surface area contributed by atoms with Crippen LogP contribution in [0.5, 0.6) is 11.5 Å². The number of halogens is 2. The van der Waals surface area contributed by atoms with Gasteiger partial charge in [0.25, 0.3) is 0 Å². The largest absolute Gasteiger partial charge is 0.508 e. The van der Waals surface area contributed by atoms with Gasteiger partial charge in [0.15, 0.2) is 11.6 Å². The number of carbonyl (C=O) groups is 16. The van der Waals surface area contributed by atoms with Crippen LogP contribution in [0.2, 0.25) is 0 Å². The maximum Gasteiger partial charge on any atom is 0.305 e. The monoisotopic (exact) mass is 1930 g/mol. The lowest BCUT2D eigenvalue weighted by atomic mass is 9.99. The van der Waals surface area contributed by atoms with Crippen molar-refractivity contribution in [3.8, 4) is 11.5 Å². The number of H-pyrrole nitrogens is 1. The van der Waals surface area contributed by atoms with Crippen molar-refractivity contribution in [1.29, 1.82) is 0 Å². The first-order valence-corrected chi connectivity index (χ1v) is 46.2. The van der Waals surface area contributed by atoms with Gasteiger partial charge in [-0.3, -0.25) is 71.9 Å². The Kier molecular flexibility index (Phi) is 40.2. The Morgan fingerprint density at radius 3 is 1.65 bits per heavy atom. The summed E-state index contributed by atoms with van der Waals surface area (Å²) in [6.07, 6.45) is -3.79. The van der Waals surface area contributed by atoms with E-state index in [1.807, 2.05) is 0 Å². The normalized spacial score (nSPS) is 17.0. The number of ether oxygens (including phenoxy) is 2. The number of carboxylic acid groups (broad SMARTS) is 1. The summed E-state index contributed by atoms with van der Waals surface area (Å²) in [5, 5.41) is 64.1. The highest BCUT2D eigenvalue weighted by atomic mass is 32.2. The SMILES string of the molecule is COCC[C@@H](C(=O)N1C[C@@H](O)C[C@@H]1C(=O)N[C@@H](CC(=O)O)C(=O)N[C@H](C(=O)N(C)[C@H](C=O)Cc1ccccc1)C(C)C)N(C)C(=O)[C@H](Cc1ccccc1)N(C)C(=O)[C@H](Cc1ccc(F)c(F)c1)NC(=O)CSC[C@H](NC(=O)[C@H](CC(C)C)NC(=O)[C@H](Cc1ccc(O)cc1)NC(=O)[C@H](Cc1c[nH]c2ccccc12)NC(=O)[C@H]1C[C@H](O)CN1C(=O)[C@@H](N)Cc1ccc(OC)cc1)C(=O)NCC(N)=O. The molecule has 41 heteroatoms. The molecule has 138 heavy (non-hydrogen) atoms. The van der Waals surface area contributed by atoms with Gasteiger partial charge in [-0.25, -0.2) is 8.78 Å². The number of aldehydes is 1. The number of para-hydroxylation sites is 1. The molecule has 9 rings (SSSR count). The second-order valence-electron chi connectivity index (χ2n) is 35.2. The summed E-state index contributed by atoms with van der Waals surface area (Å²) in [5.74, 6) is -19.3. The van der Waals surface area contributed by atoms with Crippen molar-refractivity contribution in [2.24, 2.45) is 23.3 Å². The van der Waals surface area contributed by atoms with Crippen molar-refractivity contribution in [2.45, 2.75) is 189 Å². The molecule has 2 aliphatic heterocycles. The molecule has 0 spiro atoms. The highest BCUT2D eigenvalue weighted by molar-refractivity contribution is 8.00. The van der Waals surface area contributed by atoms with Crippen LogP contribution in [0.4, 0.5) is 8.78 Å². The standard InChI is InChI=1S/C97H122F2N16O22S/c1-54(2)36-72(105-88(126)73(40-59-24-29-63(117)30-25-59)106-89(127)74(43-61-47-102-71-23-17-16-22-67(61)71)107-91(129)79-44-64(118)49-114(79)93(131)70(100)39-58-26-31-66(137-9)32-27-58)87(125)109-77(86(124)103-48-82(101)120)52-138-53-83(121)104-76(41-60-28-33-68(98)69(99)38-60)94(132)113(7)81(42-57-20-14-11-15-21-57)95(133)112(6)78(34-35-136-8)96(134)115-50-65(119)45-80(115)92(130)108-75(46-84(122)123)90(128)110-85(55(3)4)97(135)111(5)62(51-116)37-56-18-12-10-13-19-56/h10-33,38,47,51,54-55,62,64-65,70,72-81,85,102,117-119H,34-37,39-46,48-50,52-53,100H2,1-9H3,(H2,101,120)(H,103,124)(H,104,121)(H,105,126)(H,106,127)(H,107,129)(H,108,130)(H,109,125)(H,110,128)(H,122,123)/t62-,64-,65-,70-,72-,73-,74-,75-,76-,77-,78-,79+,80+,81-,85-/m0/s1. The fourth-order valence-corrected chi connectivity index (χ4v) is 17.3. The van der Waals surface area contributed by atoms with Gasteiger partial charge in [0.2, 0.25) is 82.7 Å². The number of nitrogens with zero attached hydrogens (tertiary/aromatic N) is 5. The Bertz CT molecular complexity index is 5440. The highest BCUT2D eigenvalue weighted by Crippen LogP contribution is 2.28. The molecular formula is C97H122F2N16O22S. The van der Waals surface area contributed by atoms with E-state index in [1.54, 1.807) is 143 Å². The predicted molar refractivity (Wildman–Crippen MR) is 503 cm³/mol. The van der Waals surface area contributed by atoms with Gasteiger partial charge in [0.05, 0.1) is 50.1 Å². The van der Waals surface area contributed by atoms with E-state index >= 15 is 28.4 Å². The van der Waals surface area contributed by atoms with Crippen molar-refractivity contribution < 1.29 is 115 Å². The fourth-order valence-electron chi connectivity index (χ4n) is 16.5. The van der Waals surface area contributed by atoms with E-state index in [0.29, 0.717) is 57.0 Å². The first kappa shape index (κ1) is 108. The van der Waals surface area contributed by atoms with Crippen LogP contribution in [-0.4, -0.2) is 309 Å². The topological polar surface area (TPSA) is 553 Å². The Hall–Kier alpha value is -13.8. The third kappa shape index (κ3) is 30.6. The molecule has 1 aromatic heterocycles. The number of aromatic amines is 1. The average molecular weight is 1930 g/mol. The van der Waals surface area contributed by atoms with E-state index < -0.39 is 247 Å². The van der Waals surface area contributed by atoms with Crippen LogP contribution in [0.25, 0.3) is 10.9 Å². The van der Waals surface area contributed by atoms with Crippen molar-refractivity contribution >= 4 is 118 Å². The van der Waals surface area contributed by atoms with Gasteiger partial charge in [-0.2, -0.15) is 0 Å². The summed E-state index contributed by atoms with van der Waals surface area (Å²) in [7, 11) is 6.59. The number of hydrogen-bond acceptors (Lipinski definition) is 23. The molecule has 2 aliphatic rings. The molecule has 6 aromatic carbocycles. The molecule has 17 N–H and O–H groups in total. The van der Waals surface area contributed by atoms with Crippen LogP contribution in [0.1, 0.15) is 93.2 Å². The van der Waals surface area contributed by atoms with E-state index in [1.165, 1.54) is 59.6 Å². The number of benzene rings is 6. The number of carboxylic acids is 1. The molecule has 0 unspecified atom stereocenters. The number of phenolic OH excluding ortho intramolecular Hbond substituents is 1. The molecule has 14 amide bonds. The molecule has 2 saturated heterocycles. The molecule has 3 heterocycles. The van der Waals surface area contributed by atoms with E-state index in [4.69, 9.17) is 20.9 Å². The summed E-state index contributed by atoms with van der Waals surface area (Å²) >= 11 is 0.700. The second-order valence-corrected chi connectivity index (χ2v) is 36.2. The van der Waals surface area contributed by atoms with Gasteiger partial charge in [-0.05, 0) is 107 Å². The maximum atomic E-state index is 15.6. The number of thioether (sulfide) groups is 1. The summed E-state index contributed by atoms with van der Waals surface area (Å²) in [5.41, 5.74) is 15.3. The maximum absolute atomic E-state index is 15.6. The average Bonchev–Trinajstić information content (AvgIpc) is 1.60. The number of aromatic hydroxyl groups is 1. The van der Waals surface area contributed by atoms with Crippen molar-refractivity contribution in [3.63, 3.8) is 0 Å². The molecule has 742 valence electrons. The molecule has 7 aromatic rings. The number of aliphatic hydroxyl groups is 2. The Morgan fingerprint density at radius 2 is 1.07 bits per heavy atom. The minimum absolute atomic E-state index is 0.0435. The van der Waals surface area contributed by atoms with Gasteiger partial charge in [0, 0.05) is 116 Å². The number of amides is 14. The van der Waals surface area contributed by atoms with Crippen LogP contribution >= 0.6 is 11.8 Å². The minimum atomic E-state index is -1.90. The number of fused-ring (bicyclic) bond motifs is 1. The zero-order valence-corrected chi connectivity index (χ0v) is 78.9. The number of carbonyl (C=O) groups excluding carboxylic acids is 15. The molecule has 2 fully saturated rings. The highest BCUT2D eigenvalue weighted by Gasteiger charge is 2.48. The van der Waals surface area contributed by atoms with Crippen LogP contribution in [-0.2, 0) is 120 Å². The molecule has 38 nitrogen and oxygen atoms in total. The lowest BCUT2D eigenvalue weighted by molar-refractivity contribution is -0.153. The molecule has 0 aliphatic carbocycles. The Balaban J connectivity index is 0.930. The third-order valence-electron chi connectivity index (χ3n) is 24.0. The lowest BCUT2D eigenvalue weighted by Crippen LogP contribution is -2.61. The first-order chi connectivity index (χ1) is 65.6. The fraction of sp³-hybridized carbons (Fsp3) is 0.443. The van der Waals surface area contributed by atoms with Crippen LogP contribution in [0, 0.1) is 23.5 Å². The number of likely N-dealkylation sites (N-methyl/N-ethyl adjacent to an activating group) is 3. The molecular weight excluding hydrogens is 1810 g/mol. The molecule has 0 saturated carbocycles. The van der Waals surface area contributed by atoms with Gasteiger partial charge in [-0.15, -0.1) is 11.8 Å². The lowest BCUT2D eigenvalue weighted by Gasteiger charge is -2.37. The number of likely N-dealkylation sites (tertiary alicyclic amines) is 2. The van der Waals surface area contributed by atoms with E-state index in [-0.39, 0.29) is 75.8 Å². The number of nitrogens with one attached hydrogen (secondary N) is 9. The molecule has 0 bridgehead atoms. The predicted octanol–water partition coefficient (Wildman–Crippen LogP) is 0.789. The third-order valence-corrected chi connectivity index (χ3v) is 25.0. The van der Waals surface area contributed by atoms with Gasteiger partial charge >= 0.3 is 5.97 Å². The van der Waals surface area contributed by atoms with Crippen LogP contribution < -0.4 is 58.7 Å². The smallest absolute Gasteiger partial charge is 0.305 e. The van der Waals surface area contributed by atoms with Crippen molar-refractivity contribution in [3.05, 3.63) is 203 Å². The Labute approximate surface area is 800 Å². The zero-order valence-electron chi connectivity index (χ0n) is 78.1. The van der Waals surface area contributed by atoms with Crippen molar-refractivity contribution in [1.82, 2.24) is 72.0 Å².